The van der Waals surface area contributed by atoms with Crippen LogP contribution >= 0.6 is 0 Å². The van der Waals surface area contributed by atoms with Gasteiger partial charge in [0, 0.05) is 12.1 Å². The molecule has 2 aromatic carbocycles. The first kappa shape index (κ1) is 23.0. The molecule has 32 heavy (non-hydrogen) atoms. The summed E-state index contributed by atoms with van der Waals surface area (Å²) < 4.78 is 10.4. The first-order valence-electron chi connectivity index (χ1n) is 10.4. The molecule has 0 spiro atoms. The highest BCUT2D eigenvalue weighted by Gasteiger charge is 2.34. The monoisotopic (exact) mass is 438 g/mol. The van der Waals surface area contributed by atoms with Gasteiger partial charge < -0.3 is 14.8 Å². The first-order valence-corrected chi connectivity index (χ1v) is 10.4. The molecule has 0 saturated heterocycles. The standard InChI is InChI=1S/C24H26N2O6/c1-15(2)20(25-21(27)16-9-11-17(31-3)12-10-16)24(30)32-14-6-13-26-22(28)18-7-4-5-8-19(18)23(26)29/h4-5,7-12,15,20H,6,13-14H2,1-3H3,(H,25,27). The van der Waals surface area contributed by atoms with E-state index >= 15 is 0 Å². The highest BCUT2D eigenvalue weighted by molar-refractivity contribution is 6.21. The zero-order chi connectivity index (χ0) is 23.3. The van der Waals surface area contributed by atoms with Gasteiger partial charge in [0.1, 0.15) is 11.8 Å². The Bertz CT molecular complexity index is 980. The molecule has 1 heterocycles. The highest BCUT2D eigenvalue weighted by atomic mass is 16.5. The van der Waals surface area contributed by atoms with E-state index in [1.807, 2.05) is 0 Å². The third-order valence-electron chi connectivity index (χ3n) is 5.21. The van der Waals surface area contributed by atoms with Crippen molar-refractivity contribution in [1.29, 1.82) is 0 Å². The minimum atomic E-state index is -0.830. The third kappa shape index (κ3) is 4.96. The van der Waals surface area contributed by atoms with E-state index in [1.165, 1.54) is 7.11 Å². The summed E-state index contributed by atoms with van der Waals surface area (Å²) in [5.41, 5.74) is 1.17. The molecule has 0 fully saturated rings. The molecule has 8 nitrogen and oxygen atoms in total. The van der Waals surface area contributed by atoms with E-state index in [-0.39, 0.29) is 30.9 Å². The Balaban J connectivity index is 1.50. The number of hydrogen-bond acceptors (Lipinski definition) is 6. The maximum atomic E-state index is 12.6. The van der Waals surface area contributed by atoms with Gasteiger partial charge in [-0.2, -0.15) is 0 Å². The summed E-state index contributed by atoms with van der Waals surface area (Å²) in [7, 11) is 1.54. The van der Waals surface area contributed by atoms with Crippen molar-refractivity contribution in [2.75, 3.05) is 20.3 Å². The second kappa shape index (κ2) is 10.1. The van der Waals surface area contributed by atoms with Crippen LogP contribution in [0.2, 0.25) is 0 Å². The first-order chi connectivity index (χ1) is 15.3. The summed E-state index contributed by atoms with van der Waals surface area (Å²) in [5, 5.41) is 2.71. The second-order valence-corrected chi connectivity index (χ2v) is 7.75. The normalized spacial score (nSPS) is 13.7. The molecule has 8 heteroatoms. The fourth-order valence-electron chi connectivity index (χ4n) is 3.39. The highest BCUT2D eigenvalue weighted by Crippen LogP contribution is 2.22. The van der Waals surface area contributed by atoms with Crippen LogP contribution in [0.5, 0.6) is 5.75 Å². The summed E-state index contributed by atoms with van der Waals surface area (Å²) >= 11 is 0. The predicted molar refractivity (Wildman–Crippen MR) is 116 cm³/mol. The summed E-state index contributed by atoms with van der Waals surface area (Å²) in [6.07, 6.45) is 0.300. The number of hydrogen-bond donors (Lipinski definition) is 1. The molecule has 1 unspecified atom stereocenters. The number of carbonyl (C=O) groups excluding carboxylic acids is 4. The molecule has 0 aliphatic carbocycles. The van der Waals surface area contributed by atoms with Gasteiger partial charge in [0.15, 0.2) is 0 Å². The number of benzene rings is 2. The SMILES string of the molecule is COc1ccc(C(=O)NC(C(=O)OCCCN2C(=O)c3ccccc3C2=O)C(C)C)cc1. The van der Waals surface area contributed by atoms with E-state index < -0.39 is 17.9 Å². The zero-order valence-electron chi connectivity index (χ0n) is 18.3. The topological polar surface area (TPSA) is 102 Å². The predicted octanol–water partition coefficient (Wildman–Crippen LogP) is 2.68. The smallest absolute Gasteiger partial charge is 0.328 e. The molecule has 0 aromatic heterocycles. The van der Waals surface area contributed by atoms with Crippen molar-refractivity contribution in [2.24, 2.45) is 5.92 Å². The average molecular weight is 438 g/mol. The summed E-state index contributed by atoms with van der Waals surface area (Å²) in [5.74, 6) is -1.22. The summed E-state index contributed by atoms with van der Waals surface area (Å²) in [6, 6.07) is 12.4. The summed E-state index contributed by atoms with van der Waals surface area (Å²) in [6.45, 7) is 3.77. The van der Waals surface area contributed by atoms with Gasteiger partial charge in [-0.25, -0.2) is 4.79 Å². The molecule has 1 aliphatic heterocycles. The molecule has 0 saturated carbocycles. The number of ether oxygens (including phenoxy) is 2. The van der Waals surface area contributed by atoms with Crippen molar-refractivity contribution in [1.82, 2.24) is 10.2 Å². The van der Waals surface area contributed by atoms with Crippen LogP contribution in [0.15, 0.2) is 48.5 Å². The molecule has 2 aromatic rings. The van der Waals surface area contributed by atoms with Gasteiger partial charge in [0.25, 0.3) is 17.7 Å². The quantitative estimate of drug-likeness (QED) is 0.367. The van der Waals surface area contributed by atoms with Crippen molar-refractivity contribution in [3.8, 4) is 5.75 Å². The fourth-order valence-corrected chi connectivity index (χ4v) is 3.39. The van der Waals surface area contributed by atoms with Gasteiger partial charge in [-0.05, 0) is 48.7 Å². The van der Waals surface area contributed by atoms with Crippen LogP contribution in [-0.4, -0.2) is 54.9 Å². The van der Waals surface area contributed by atoms with E-state index in [2.05, 4.69) is 5.32 Å². The Morgan fingerprint density at radius 1 is 0.969 bits per heavy atom. The molecular weight excluding hydrogens is 412 g/mol. The van der Waals surface area contributed by atoms with Crippen LogP contribution in [0, 0.1) is 5.92 Å². The Morgan fingerprint density at radius 3 is 2.09 bits per heavy atom. The van der Waals surface area contributed by atoms with E-state index in [9.17, 15) is 19.2 Å². The molecule has 3 rings (SSSR count). The second-order valence-electron chi connectivity index (χ2n) is 7.75. The largest absolute Gasteiger partial charge is 0.497 e. The molecule has 0 bridgehead atoms. The van der Waals surface area contributed by atoms with Crippen LogP contribution in [0.3, 0.4) is 0 Å². The summed E-state index contributed by atoms with van der Waals surface area (Å²) in [4.78, 5) is 51.0. The van der Waals surface area contributed by atoms with E-state index in [1.54, 1.807) is 62.4 Å². The number of esters is 1. The van der Waals surface area contributed by atoms with Crippen molar-refractivity contribution in [2.45, 2.75) is 26.3 Å². The van der Waals surface area contributed by atoms with Crippen molar-refractivity contribution in [3.63, 3.8) is 0 Å². The van der Waals surface area contributed by atoms with Crippen LogP contribution in [0.1, 0.15) is 51.3 Å². The lowest BCUT2D eigenvalue weighted by atomic mass is 10.0. The molecule has 0 radical (unpaired) electrons. The van der Waals surface area contributed by atoms with Gasteiger partial charge in [-0.15, -0.1) is 0 Å². The number of imide groups is 1. The maximum Gasteiger partial charge on any atom is 0.328 e. The van der Waals surface area contributed by atoms with Gasteiger partial charge >= 0.3 is 5.97 Å². The molecular formula is C24H26N2O6. The molecule has 168 valence electrons. The Kier molecular flexibility index (Phi) is 7.25. The Hall–Kier alpha value is -3.68. The number of fused-ring (bicyclic) bond motifs is 1. The van der Waals surface area contributed by atoms with Crippen LogP contribution in [-0.2, 0) is 9.53 Å². The number of amides is 3. The van der Waals surface area contributed by atoms with Crippen LogP contribution < -0.4 is 10.1 Å². The van der Waals surface area contributed by atoms with Crippen molar-refractivity contribution in [3.05, 3.63) is 65.2 Å². The van der Waals surface area contributed by atoms with Gasteiger partial charge in [0.2, 0.25) is 0 Å². The van der Waals surface area contributed by atoms with E-state index in [4.69, 9.17) is 9.47 Å². The lowest BCUT2D eigenvalue weighted by Crippen LogP contribution is -2.45. The van der Waals surface area contributed by atoms with Crippen molar-refractivity contribution < 1.29 is 28.7 Å². The van der Waals surface area contributed by atoms with Crippen molar-refractivity contribution >= 4 is 23.7 Å². The zero-order valence-corrected chi connectivity index (χ0v) is 18.3. The molecule has 3 amide bonds. The minimum Gasteiger partial charge on any atom is -0.497 e. The lowest BCUT2D eigenvalue weighted by Gasteiger charge is -2.21. The maximum absolute atomic E-state index is 12.6. The molecule has 1 atom stereocenters. The fraction of sp³-hybridized carbons (Fsp3) is 0.333. The van der Waals surface area contributed by atoms with E-state index in [0.29, 0.717) is 28.9 Å². The Morgan fingerprint density at radius 2 is 1.56 bits per heavy atom. The molecule has 1 aliphatic rings. The number of nitrogens with zero attached hydrogens (tertiary/aromatic N) is 1. The van der Waals surface area contributed by atoms with Gasteiger partial charge in [0.05, 0.1) is 24.8 Å². The number of carbonyl (C=O) groups is 4. The number of methoxy groups -OCH3 is 1. The number of nitrogens with one attached hydrogen (secondary N) is 1. The van der Waals surface area contributed by atoms with E-state index in [0.717, 1.165) is 4.90 Å². The van der Waals surface area contributed by atoms with Crippen LogP contribution in [0.4, 0.5) is 0 Å². The molecule has 1 N–H and O–H groups in total. The average Bonchev–Trinajstić information content (AvgIpc) is 3.04. The Labute approximate surface area is 186 Å². The minimum absolute atomic E-state index is 0.0217. The van der Waals surface area contributed by atoms with Gasteiger partial charge in [-0.3, -0.25) is 19.3 Å². The number of rotatable bonds is 9. The lowest BCUT2D eigenvalue weighted by molar-refractivity contribution is -0.147. The van der Waals surface area contributed by atoms with Crippen LogP contribution in [0.25, 0.3) is 0 Å². The van der Waals surface area contributed by atoms with Gasteiger partial charge in [-0.1, -0.05) is 26.0 Å². The third-order valence-corrected chi connectivity index (χ3v) is 5.21.